The highest BCUT2D eigenvalue weighted by atomic mass is 16.5. The van der Waals surface area contributed by atoms with E-state index in [9.17, 15) is 9.90 Å². The summed E-state index contributed by atoms with van der Waals surface area (Å²) in [5, 5.41) is 10.6. The molecule has 3 aliphatic heterocycles. The largest absolute Gasteiger partial charge is 0.507 e. The number of hydrogen-bond donors (Lipinski definition) is 2. The second kappa shape index (κ2) is 8.27. The molecule has 2 fully saturated rings. The first-order chi connectivity index (χ1) is 13.6. The Labute approximate surface area is 166 Å². The topological polar surface area (TPSA) is 88.3 Å². The molecule has 2 saturated heterocycles. The van der Waals surface area contributed by atoms with Gasteiger partial charge >= 0.3 is 6.03 Å². The minimum atomic E-state index is -0.173. The fraction of sp³-hybridized carbons (Fsp3) is 0.667. The normalized spacial score (nSPS) is 26.2. The van der Waals surface area contributed by atoms with E-state index in [1.54, 1.807) is 0 Å². The molecule has 3 aliphatic rings. The molecular weight excluding hydrogens is 358 g/mol. The predicted molar refractivity (Wildman–Crippen MR) is 105 cm³/mol. The number of urea groups is 1. The first kappa shape index (κ1) is 19.5. The van der Waals surface area contributed by atoms with Crippen molar-refractivity contribution in [2.45, 2.75) is 38.4 Å². The number of benzene rings is 1. The van der Waals surface area contributed by atoms with Crippen LogP contribution < -0.4 is 5.73 Å². The van der Waals surface area contributed by atoms with Crippen LogP contribution in [0.3, 0.4) is 0 Å². The summed E-state index contributed by atoms with van der Waals surface area (Å²) in [6, 6.07) is 4.09. The van der Waals surface area contributed by atoms with Gasteiger partial charge in [-0.25, -0.2) is 4.79 Å². The number of likely N-dealkylation sites (tertiary alicyclic amines) is 1. The smallest absolute Gasteiger partial charge is 0.320 e. The average molecular weight is 389 g/mol. The number of aromatic hydroxyl groups is 1. The molecule has 3 N–H and O–H groups in total. The summed E-state index contributed by atoms with van der Waals surface area (Å²) in [5.74, 6) is 0.750. The molecule has 154 valence electrons. The molecule has 7 heteroatoms. The van der Waals surface area contributed by atoms with Crippen molar-refractivity contribution in [2.24, 2.45) is 11.7 Å². The standard InChI is InChI=1S/C21H31N3O4/c1-14-2-3-16-17(20(14)25)12-18(28-19(16)13-22)15-4-6-23(7-5-15)21(26)24-8-10-27-11-9-24/h2-3,15,18-19,25H,4-13,22H2,1H3. The summed E-state index contributed by atoms with van der Waals surface area (Å²) < 4.78 is 11.7. The fourth-order valence-electron chi connectivity index (χ4n) is 4.70. The van der Waals surface area contributed by atoms with Crippen LogP contribution in [-0.2, 0) is 15.9 Å². The Bertz CT molecular complexity index is 712. The van der Waals surface area contributed by atoms with E-state index in [0.717, 1.165) is 42.6 Å². The summed E-state index contributed by atoms with van der Waals surface area (Å²) in [6.45, 7) is 6.44. The van der Waals surface area contributed by atoms with Crippen molar-refractivity contribution < 1.29 is 19.4 Å². The van der Waals surface area contributed by atoms with E-state index in [1.165, 1.54) is 0 Å². The summed E-state index contributed by atoms with van der Waals surface area (Å²) in [4.78, 5) is 16.5. The molecule has 2 unspecified atom stereocenters. The molecule has 7 nitrogen and oxygen atoms in total. The van der Waals surface area contributed by atoms with Gasteiger partial charge in [0, 0.05) is 44.7 Å². The van der Waals surface area contributed by atoms with Crippen LogP contribution in [0.1, 0.15) is 35.6 Å². The van der Waals surface area contributed by atoms with Gasteiger partial charge in [0.2, 0.25) is 0 Å². The first-order valence-corrected chi connectivity index (χ1v) is 10.4. The Kier molecular flexibility index (Phi) is 5.75. The van der Waals surface area contributed by atoms with Crippen LogP contribution in [0.15, 0.2) is 12.1 Å². The van der Waals surface area contributed by atoms with Gasteiger partial charge in [-0.05, 0) is 36.8 Å². The third-order valence-electron chi connectivity index (χ3n) is 6.44. The summed E-state index contributed by atoms with van der Waals surface area (Å²) in [6.07, 6.45) is 2.41. The van der Waals surface area contributed by atoms with Crippen molar-refractivity contribution >= 4 is 6.03 Å². The molecular formula is C21H31N3O4. The number of rotatable bonds is 2. The van der Waals surface area contributed by atoms with Crippen LogP contribution in [0, 0.1) is 12.8 Å². The van der Waals surface area contributed by atoms with Crippen LogP contribution in [-0.4, -0.2) is 73.0 Å². The van der Waals surface area contributed by atoms with Gasteiger partial charge in [0.15, 0.2) is 0 Å². The molecule has 0 saturated carbocycles. The number of hydrogen-bond acceptors (Lipinski definition) is 5. The average Bonchev–Trinajstić information content (AvgIpc) is 2.76. The molecule has 0 bridgehead atoms. The molecule has 1 aromatic rings. The Morgan fingerprint density at radius 3 is 2.54 bits per heavy atom. The zero-order valence-corrected chi connectivity index (χ0v) is 16.6. The minimum Gasteiger partial charge on any atom is -0.507 e. The number of carbonyl (C=O) groups is 1. The molecule has 3 heterocycles. The number of fused-ring (bicyclic) bond motifs is 1. The lowest BCUT2D eigenvalue weighted by Gasteiger charge is -2.41. The number of morpholine rings is 1. The third-order valence-corrected chi connectivity index (χ3v) is 6.44. The number of nitrogens with zero attached hydrogens (tertiary/aromatic N) is 2. The lowest BCUT2D eigenvalue weighted by atomic mass is 9.83. The number of phenols is 1. The molecule has 28 heavy (non-hydrogen) atoms. The van der Waals surface area contributed by atoms with E-state index in [0.29, 0.717) is 50.9 Å². The summed E-state index contributed by atoms with van der Waals surface area (Å²) in [5.41, 5.74) is 8.86. The predicted octanol–water partition coefficient (Wildman–Crippen LogP) is 1.81. The molecule has 0 radical (unpaired) electrons. The second-order valence-electron chi connectivity index (χ2n) is 8.11. The Balaban J connectivity index is 1.40. The molecule has 1 aromatic carbocycles. The lowest BCUT2D eigenvalue weighted by molar-refractivity contribution is -0.0635. The maximum atomic E-state index is 12.7. The maximum absolute atomic E-state index is 12.7. The number of aryl methyl sites for hydroxylation is 1. The van der Waals surface area contributed by atoms with Crippen LogP contribution >= 0.6 is 0 Å². The lowest BCUT2D eigenvalue weighted by Crippen LogP contribution is -2.51. The van der Waals surface area contributed by atoms with E-state index >= 15 is 0 Å². The van der Waals surface area contributed by atoms with Crippen LogP contribution in [0.5, 0.6) is 5.75 Å². The number of ether oxygens (including phenoxy) is 2. The number of carbonyl (C=O) groups excluding carboxylic acids is 1. The van der Waals surface area contributed by atoms with Gasteiger partial charge in [-0.3, -0.25) is 0 Å². The highest BCUT2D eigenvalue weighted by Gasteiger charge is 2.36. The summed E-state index contributed by atoms with van der Waals surface area (Å²) in [7, 11) is 0. The number of nitrogens with two attached hydrogens (primary N) is 1. The molecule has 0 spiro atoms. The van der Waals surface area contributed by atoms with Gasteiger partial charge in [-0.1, -0.05) is 12.1 Å². The van der Waals surface area contributed by atoms with Gasteiger partial charge in [0.1, 0.15) is 5.75 Å². The maximum Gasteiger partial charge on any atom is 0.320 e. The van der Waals surface area contributed by atoms with Crippen molar-refractivity contribution in [1.29, 1.82) is 0 Å². The Morgan fingerprint density at radius 2 is 1.86 bits per heavy atom. The molecule has 0 aromatic heterocycles. The summed E-state index contributed by atoms with van der Waals surface area (Å²) >= 11 is 0. The van der Waals surface area contributed by atoms with E-state index < -0.39 is 0 Å². The number of phenolic OH excluding ortho intramolecular Hbond substituents is 1. The minimum absolute atomic E-state index is 0.0365. The van der Waals surface area contributed by atoms with Crippen LogP contribution in [0.25, 0.3) is 0 Å². The Morgan fingerprint density at radius 1 is 1.18 bits per heavy atom. The second-order valence-corrected chi connectivity index (χ2v) is 8.11. The fourth-order valence-corrected chi connectivity index (χ4v) is 4.70. The zero-order chi connectivity index (χ0) is 19.7. The van der Waals surface area contributed by atoms with Crippen molar-refractivity contribution in [2.75, 3.05) is 45.9 Å². The SMILES string of the molecule is Cc1ccc2c(c1O)CC(C1CCN(C(=O)N3CCOCC3)CC1)OC2CN. The highest BCUT2D eigenvalue weighted by Crippen LogP contribution is 2.40. The van der Waals surface area contributed by atoms with Crippen molar-refractivity contribution in [1.82, 2.24) is 9.80 Å². The molecule has 2 atom stereocenters. The van der Waals surface area contributed by atoms with Gasteiger partial charge < -0.3 is 30.1 Å². The van der Waals surface area contributed by atoms with E-state index in [1.807, 2.05) is 28.9 Å². The molecule has 4 rings (SSSR count). The van der Waals surface area contributed by atoms with Gasteiger partial charge in [0.25, 0.3) is 0 Å². The van der Waals surface area contributed by atoms with E-state index in [4.69, 9.17) is 15.2 Å². The van der Waals surface area contributed by atoms with Crippen LogP contribution in [0.2, 0.25) is 0 Å². The number of piperidine rings is 1. The van der Waals surface area contributed by atoms with E-state index in [-0.39, 0.29) is 18.2 Å². The van der Waals surface area contributed by atoms with Crippen molar-refractivity contribution in [3.8, 4) is 5.75 Å². The highest BCUT2D eigenvalue weighted by molar-refractivity contribution is 5.74. The van der Waals surface area contributed by atoms with Gasteiger partial charge in [-0.2, -0.15) is 0 Å². The quantitative estimate of drug-likeness (QED) is 0.805. The number of amides is 2. The molecule has 0 aliphatic carbocycles. The Hall–Kier alpha value is -1.83. The van der Waals surface area contributed by atoms with Gasteiger partial charge in [0.05, 0.1) is 25.4 Å². The first-order valence-electron chi connectivity index (χ1n) is 10.4. The monoisotopic (exact) mass is 389 g/mol. The van der Waals surface area contributed by atoms with Crippen LogP contribution in [0.4, 0.5) is 4.79 Å². The third kappa shape index (κ3) is 3.71. The molecule has 2 amide bonds. The van der Waals surface area contributed by atoms with Gasteiger partial charge in [-0.15, -0.1) is 0 Å². The van der Waals surface area contributed by atoms with Crippen molar-refractivity contribution in [3.63, 3.8) is 0 Å². The van der Waals surface area contributed by atoms with Crippen molar-refractivity contribution in [3.05, 3.63) is 28.8 Å². The van der Waals surface area contributed by atoms with E-state index in [2.05, 4.69) is 0 Å². The zero-order valence-electron chi connectivity index (χ0n) is 16.6.